The Morgan fingerprint density at radius 3 is 2.57 bits per heavy atom. The summed E-state index contributed by atoms with van der Waals surface area (Å²) >= 11 is 0. The van der Waals surface area contributed by atoms with E-state index in [1.165, 1.54) is 6.26 Å². The molecule has 0 saturated carbocycles. The molecule has 1 aromatic carbocycles. The maximum absolute atomic E-state index is 12.4. The van der Waals surface area contributed by atoms with E-state index in [-0.39, 0.29) is 24.2 Å². The molecule has 0 radical (unpaired) electrons. The van der Waals surface area contributed by atoms with Crippen LogP contribution in [0.3, 0.4) is 0 Å². The van der Waals surface area contributed by atoms with Gasteiger partial charge in [0.05, 0.1) is 5.75 Å². The van der Waals surface area contributed by atoms with Crippen LogP contribution in [0.2, 0.25) is 0 Å². The Morgan fingerprint density at radius 1 is 1.33 bits per heavy atom. The highest BCUT2D eigenvalue weighted by molar-refractivity contribution is 7.89. The van der Waals surface area contributed by atoms with Crippen LogP contribution in [-0.2, 0) is 15.6 Å². The molecule has 0 bridgehead atoms. The molecule has 1 atom stereocenters. The van der Waals surface area contributed by atoms with Crippen LogP contribution in [0, 0.1) is 5.92 Å². The normalized spacial score (nSPS) is 19.5. The molecule has 0 spiro atoms. The van der Waals surface area contributed by atoms with Gasteiger partial charge in [0.1, 0.15) is 0 Å². The van der Waals surface area contributed by atoms with E-state index in [0.29, 0.717) is 24.2 Å². The number of benzene rings is 1. The predicted octanol–water partition coefficient (Wildman–Crippen LogP) is 1.08. The maximum atomic E-state index is 12.4. The molecule has 0 aliphatic carbocycles. The second-order valence-corrected chi connectivity index (χ2v) is 7.85. The fraction of sp³-hybridized carbons (Fsp3) is 0.533. The first kappa shape index (κ1) is 16.0. The van der Waals surface area contributed by atoms with Gasteiger partial charge < -0.3 is 10.0 Å². The van der Waals surface area contributed by atoms with Crippen molar-refractivity contribution in [3.8, 4) is 0 Å². The molecule has 5 nitrogen and oxygen atoms in total. The van der Waals surface area contributed by atoms with E-state index in [9.17, 15) is 18.3 Å². The van der Waals surface area contributed by atoms with Crippen LogP contribution in [0.1, 0.15) is 28.8 Å². The van der Waals surface area contributed by atoms with E-state index in [1.807, 2.05) is 0 Å². The van der Waals surface area contributed by atoms with Crippen molar-refractivity contribution in [2.75, 3.05) is 26.0 Å². The van der Waals surface area contributed by atoms with Gasteiger partial charge in [-0.3, -0.25) is 4.79 Å². The number of carbonyl (C=O) groups is 1. The van der Waals surface area contributed by atoms with Crippen molar-refractivity contribution < 1.29 is 18.3 Å². The van der Waals surface area contributed by atoms with Gasteiger partial charge in [-0.15, -0.1) is 0 Å². The summed E-state index contributed by atoms with van der Waals surface area (Å²) in [7, 11) is -3.06. The van der Waals surface area contributed by atoms with Crippen molar-refractivity contribution in [1.29, 1.82) is 0 Å². The molecule has 1 fully saturated rings. The first-order valence-electron chi connectivity index (χ1n) is 7.06. The van der Waals surface area contributed by atoms with Gasteiger partial charge in [-0.25, -0.2) is 8.42 Å². The fourth-order valence-electron chi connectivity index (χ4n) is 2.63. The van der Waals surface area contributed by atoms with Gasteiger partial charge in [-0.2, -0.15) is 0 Å². The van der Waals surface area contributed by atoms with Crippen molar-refractivity contribution in [3.63, 3.8) is 0 Å². The van der Waals surface area contributed by atoms with Gasteiger partial charge in [0, 0.05) is 31.5 Å². The number of hydrogen-bond acceptors (Lipinski definition) is 4. The summed E-state index contributed by atoms with van der Waals surface area (Å²) in [6, 6.07) is 6.71. The summed E-state index contributed by atoms with van der Waals surface area (Å²) in [6.07, 6.45) is 3.05. The predicted molar refractivity (Wildman–Crippen MR) is 80.7 cm³/mol. The molecule has 1 saturated heterocycles. The third-order valence-corrected chi connectivity index (χ3v) is 4.55. The standard InChI is InChI=1S/C15H21NO4S/c1-21(19,20)11-12-4-6-14(7-5-12)15(18)16-8-2-3-13(9-16)10-17/h4-7,13,17H,2-3,8-11H2,1H3. The van der Waals surface area contributed by atoms with Gasteiger partial charge in [0.25, 0.3) is 5.91 Å². The summed E-state index contributed by atoms with van der Waals surface area (Å²) in [5.74, 6) is 0.0869. The summed E-state index contributed by atoms with van der Waals surface area (Å²) in [4.78, 5) is 14.1. The molecule has 6 heteroatoms. The molecule has 116 valence electrons. The van der Waals surface area contributed by atoms with E-state index >= 15 is 0 Å². The molecule has 21 heavy (non-hydrogen) atoms. The zero-order valence-corrected chi connectivity index (χ0v) is 13.0. The van der Waals surface area contributed by atoms with Crippen LogP contribution in [0.15, 0.2) is 24.3 Å². The highest BCUT2D eigenvalue weighted by atomic mass is 32.2. The van der Waals surface area contributed by atoms with Crippen molar-refractivity contribution in [2.24, 2.45) is 5.92 Å². The molecular formula is C15H21NO4S. The smallest absolute Gasteiger partial charge is 0.253 e. The number of hydrogen-bond donors (Lipinski definition) is 1. The number of rotatable bonds is 4. The average Bonchev–Trinajstić information content (AvgIpc) is 2.46. The Kier molecular flexibility index (Phi) is 5.00. The van der Waals surface area contributed by atoms with Crippen LogP contribution < -0.4 is 0 Å². The van der Waals surface area contributed by atoms with Crippen molar-refractivity contribution in [2.45, 2.75) is 18.6 Å². The number of aliphatic hydroxyl groups excluding tert-OH is 1. The summed E-state index contributed by atoms with van der Waals surface area (Å²) in [6.45, 7) is 1.40. The number of carbonyl (C=O) groups excluding carboxylic acids is 1. The highest BCUT2D eigenvalue weighted by Crippen LogP contribution is 2.18. The van der Waals surface area contributed by atoms with E-state index < -0.39 is 9.84 Å². The molecule has 0 aromatic heterocycles. The zero-order chi connectivity index (χ0) is 15.5. The summed E-state index contributed by atoms with van der Waals surface area (Å²) < 4.78 is 22.5. The van der Waals surface area contributed by atoms with Crippen LogP contribution in [0.5, 0.6) is 0 Å². The van der Waals surface area contributed by atoms with Crippen molar-refractivity contribution in [3.05, 3.63) is 35.4 Å². The Morgan fingerprint density at radius 2 is 2.00 bits per heavy atom. The Balaban J connectivity index is 2.06. The number of aliphatic hydroxyl groups is 1. The third-order valence-electron chi connectivity index (χ3n) is 3.69. The number of nitrogens with zero attached hydrogens (tertiary/aromatic N) is 1. The SMILES string of the molecule is CS(=O)(=O)Cc1ccc(C(=O)N2CCCC(CO)C2)cc1. The van der Waals surface area contributed by atoms with E-state index in [1.54, 1.807) is 29.2 Å². The highest BCUT2D eigenvalue weighted by Gasteiger charge is 2.23. The molecule has 1 unspecified atom stereocenters. The third kappa shape index (κ3) is 4.54. The number of piperidine rings is 1. The lowest BCUT2D eigenvalue weighted by molar-refractivity contribution is 0.0620. The molecule has 1 amide bonds. The lowest BCUT2D eigenvalue weighted by Gasteiger charge is -2.31. The van der Waals surface area contributed by atoms with Gasteiger partial charge in [-0.1, -0.05) is 12.1 Å². The number of sulfone groups is 1. The fourth-order valence-corrected chi connectivity index (χ4v) is 3.43. The van der Waals surface area contributed by atoms with Crippen LogP contribution in [0.4, 0.5) is 0 Å². The second-order valence-electron chi connectivity index (χ2n) is 5.71. The van der Waals surface area contributed by atoms with Crippen LogP contribution >= 0.6 is 0 Å². The van der Waals surface area contributed by atoms with Gasteiger partial charge in [0.15, 0.2) is 9.84 Å². The Hall–Kier alpha value is -1.40. The number of likely N-dealkylation sites (tertiary alicyclic amines) is 1. The second kappa shape index (κ2) is 6.58. The monoisotopic (exact) mass is 311 g/mol. The minimum absolute atomic E-state index is 0.0161. The average molecular weight is 311 g/mol. The molecule has 1 N–H and O–H groups in total. The first-order valence-corrected chi connectivity index (χ1v) is 9.12. The van der Waals surface area contributed by atoms with E-state index in [0.717, 1.165) is 12.8 Å². The lowest BCUT2D eigenvalue weighted by atomic mass is 9.98. The molecule has 1 aliphatic rings. The topological polar surface area (TPSA) is 74.7 Å². The Bertz CT molecular complexity index is 595. The van der Waals surface area contributed by atoms with Crippen LogP contribution in [0.25, 0.3) is 0 Å². The minimum Gasteiger partial charge on any atom is -0.396 e. The molecule has 1 heterocycles. The van der Waals surface area contributed by atoms with Gasteiger partial charge in [-0.05, 0) is 36.5 Å². The Labute approximate surface area is 125 Å². The lowest BCUT2D eigenvalue weighted by Crippen LogP contribution is -2.40. The maximum Gasteiger partial charge on any atom is 0.253 e. The zero-order valence-electron chi connectivity index (χ0n) is 12.2. The number of amides is 1. The van der Waals surface area contributed by atoms with Crippen molar-refractivity contribution >= 4 is 15.7 Å². The molecule has 2 rings (SSSR count). The molecule has 1 aliphatic heterocycles. The first-order chi connectivity index (χ1) is 9.89. The van der Waals surface area contributed by atoms with Crippen LogP contribution in [-0.4, -0.2) is 50.3 Å². The molecular weight excluding hydrogens is 290 g/mol. The summed E-state index contributed by atoms with van der Waals surface area (Å²) in [5.41, 5.74) is 1.24. The van der Waals surface area contributed by atoms with Crippen molar-refractivity contribution in [1.82, 2.24) is 4.90 Å². The molecule has 1 aromatic rings. The van der Waals surface area contributed by atoms with Gasteiger partial charge >= 0.3 is 0 Å². The van der Waals surface area contributed by atoms with Gasteiger partial charge in [0.2, 0.25) is 0 Å². The minimum atomic E-state index is -3.06. The van der Waals surface area contributed by atoms with E-state index in [2.05, 4.69) is 0 Å². The van der Waals surface area contributed by atoms with E-state index in [4.69, 9.17) is 0 Å². The largest absolute Gasteiger partial charge is 0.396 e. The summed E-state index contributed by atoms with van der Waals surface area (Å²) in [5, 5.41) is 9.21. The quantitative estimate of drug-likeness (QED) is 0.903.